The highest BCUT2D eigenvalue weighted by molar-refractivity contribution is 7.99. The van der Waals surface area contributed by atoms with Crippen LogP contribution in [0, 0.1) is 0 Å². The Hall–Kier alpha value is -2.15. The first-order valence-corrected chi connectivity index (χ1v) is 7.39. The van der Waals surface area contributed by atoms with Gasteiger partial charge in [0.2, 0.25) is 5.91 Å². The van der Waals surface area contributed by atoms with Crippen molar-refractivity contribution >= 4 is 17.7 Å². The van der Waals surface area contributed by atoms with Crippen LogP contribution in [0.5, 0.6) is 0 Å². The molecule has 0 unspecified atom stereocenters. The van der Waals surface area contributed by atoms with E-state index in [1.807, 2.05) is 16.7 Å². The van der Waals surface area contributed by atoms with Gasteiger partial charge in [0, 0.05) is 38.6 Å². The molecule has 0 N–H and O–H groups in total. The van der Waals surface area contributed by atoms with E-state index >= 15 is 0 Å². The number of carbonyl (C=O) groups is 1. The molecule has 0 aliphatic heterocycles. The maximum Gasteiger partial charge on any atom is 0.232 e. The first-order chi connectivity index (χ1) is 10.1. The summed E-state index contributed by atoms with van der Waals surface area (Å²) in [6.45, 7) is 4.35. The van der Waals surface area contributed by atoms with Gasteiger partial charge in [0.1, 0.15) is 0 Å². The van der Waals surface area contributed by atoms with Crippen LogP contribution in [0.2, 0.25) is 0 Å². The Morgan fingerprint density at radius 1 is 1.38 bits per heavy atom. The van der Waals surface area contributed by atoms with E-state index in [0.29, 0.717) is 17.5 Å². The molecule has 0 saturated carbocycles. The summed E-state index contributed by atoms with van der Waals surface area (Å²) in [4.78, 5) is 17.2. The molecule has 2 aromatic rings. The van der Waals surface area contributed by atoms with Crippen molar-refractivity contribution in [3.63, 3.8) is 0 Å². The average molecular weight is 303 g/mol. The molecule has 0 bridgehead atoms. The maximum absolute atomic E-state index is 11.7. The fourth-order valence-corrected chi connectivity index (χ4v) is 2.59. The lowest BCUT2D eigenvalue weighted by atomic mass is 10.2. The molecule has 6 nitrogen and oxygen atoms in total. The molecule has 0 fully saturated rings. The Morgan fingerprint density at radius 2 is 2.10 bits per heavy atom. The van der Waals surface area contributed by atoms with Crippen LogP contribution < -0.4 is 0 Å². The van der Waals surface area contributed by atoms with Gasteiger partial charge in [-0.15, -0.1) is 16.8 Å². The number of carbonyl (C=O) groups excluding carboxylic acids is 1. The summed E-state index contributed by atoms with van der Waals surface area (Å²) >= 11 is 1.37. The normalized spacial score (nSPS) is 10.4. The van der Waals surface area contributed by atoms with E-state index in [4.69, 9.17) is 0 Å². The van der Waals surface area contributed by atoms with Crippen LogP contribution in [-0.4, -0.2) is 50.4 Å². The molecular weight excluding hydrogens is 286 g/mol. The van der Waals surface area contributed by atoms with E-state index in [2.05, 4.69) is 21.8 Å². The molecule has 21 heavy (non-hydrogen) atoms. The maximum atomic E-state index is 11.7. The summed E-state index contributed by atoms with van der Waals surface area (Å²) in [7, 11) is 3.47. The second-order valence-corrected chi connectivity index (χ2v) is 5.46. The topological polar surface area (TPSA) is 63.9 Å². The molecule has 0 radical (unpaired) electrons. The number of allylic oxidation sites excluding steroid dienone is 1. The number of pyridine rings is 1. The summed E-state index contributed by atoms with van der Waals surface area (Å²) in [5.74, 6) is 1.12. The Bertz CT molecular complexity index is 624. The van der Waals surface area contributed by atoms with Crippen molar-refractivity contribution in [1.82, 2.24) is 24.6 Å². The van der Waals surface area contributed by atoms with E-state index < -0.39 is 0 Å². The largest absolute Gasteiger partial charge is 0.348 e. The van der Waals surface area contributed by atoms with Crippen LogP contribution in [0.3, 0.4) is 0 Å². The van der Waals surface area contributed by atoms with Gasteiger partial charge in [0.15, 0.2) is 11.0 Å². The fraction of sp³-hybridized carbons (Fsp3) is 0.286. The van der Waals surface area contributed by atoms with Gasteiger partial charge in [0.25, 0.3) is 0 Å². The van der Waals surface area contributed by atoms with Crippen LogP contribution in [0.1, 0.15) is 0 Å². The molecule has 2 heterocycles. The monoisotopic (exact) mass is 303 g/mol. The van der Waals surface area contributed by atoms with Gasteiger partial charge < -0.3 is 4.90 Å². The Morgan fingerprint density at radius 3 is 2.71 bits per heavy atom. The van der Waals surface area contributed by atoms with E-state index in [1.165, 1.54) is 11.8 Å². The summed E-state index contributed by atoms with van der Waals surface area (Å²) < 4.78 is 1.94. The lowest BCUT2D eigenvalue weighted by Gasteiger charge is -2.10. The zero-order valence-corrected chi connectivity index (χ0v) is 12.9. The predicted molar refractivity (Wildman–Crippen MR) is 82.9 cm³/mol. The fourth-order valence-electron chi connectivity index (χ4n) is 1.66. The molecule has 0 aromatic carbocycles. The lowest BCUT2D eigenvalue weighted by molar-refractivity contribution is -0.125. The van der Waals surface area contributed by atoms with Crippen LogP contribution in [-0.2, 0) is 11.3 Å². The summed E-state index contributed by atoms with van der Waals surface area (Å²) in [5.41, 5.74) is 0.935. The van der Waals surface area contributed by atoms with Crippen LogP contribution in [0.25, 0.3) is 11.4 Å². The molecule has 110 valence electrons. The molecule has 1 amide bonds. The third-order valence-electron chi connectivity index (χ3n) is 2.79. The zero-order valence-electron chi connectivity index (χ0n) is 12.1. The molecule has 7 heteroatoms. The standard InChI is InChI=1S/C14H17N5OS/c1-4-9-19-13(11-5-7-15-8-6-11)16-17-14(19)21-10-12(20)18(2)3/h4-8H,1,9-10H2,2-3H3. The summed E-state index contributed by atoms with van der Waals surface area (Å²) in [6.07, 6.45) is 5.21. The van der Waals surface area contributed by atoms with Crippen molar-refractivity contribution in [2.75, 3.05) is 19.8 Å². The lowest BCUT2D eigenvalue weighted by Crippen LogP contribution is -2.23. The van der Waals surface area contributed by atoms with E-state index in [1.54, 1.807) is 37.5 Å². The minimum atomic E-state index is 0.0404. The van der Waals surface area contributed by atoms with Crippen molar-refractivity contribution in [2.45, 2.75) is 11.7 Å². The van der Waals surface area contributed by atoms with Crippen molar-refractivity contribution < 1.29 is 4.79 Å². The highest BCUT2D eigenvalue weighted by atomic mass is 32.2. The molecule has 0 aliphatic rings. The number of hydrogen-bond acceptors (Lipinski definition) is 5. The van der Waals surface area contributed by atoms with Crippen LogP contribution >= 0.6 is 11.8 Å². The number of hydrogen-bond donors (Lipinski definition) is 0. The second kappa shape index (κ2) is 7.03. The van der Waals surface area contributed by atoms with E-state index in [9.17, 15) is 4.79 Å². The van der Waals surface area contributed by atoms with Gasteiger partial charge in [-0.1, -0.05) is 17.8 Å². The van der Waals surface area contributed by atoms with Crippen molar-refractivity contribution in [3.8, 4) is 11.4 Å². The average Bonchev–Trinajstić information content (AvgIpc) is 2.89. The molecule has 0 atom stereocenters. The quantitative estimate of drug-likeness (QED) is 0.600. The van der Waals surface area contributed by atoms with E-state index in [0.717, 1.165) is 11.4 Å². The molecule has 2 aromatic heterocycles. The van der Waals surface area contributed by atoms with Crippen molar-refractivity contribution in [1.29, 1.82) is 0 Å². The number of thioether (sulfide) groups is 1. The molecule has 2 rings (SSSR count). The van der Waals surface area contributed by atoms with Gasteiger partial charge in [-0.05, 0) is 12.1 Å². The SMILES string of the molecule is C=CCn1c(SCC(=O)N(C)C)nnc1-c1ccncc1. The molecule has 0 saturated heterocycles. The van der Waals surface area contributed by atoms with Crippen LogP contribution in [0.4, 0.5) is 0 Å². The number of rotatable bonds is 6. The minimum absolute atomic E-state index is 0.0404. The zero-order chi connectivity index (χ0) is 15.2. The van der Waals surface area contributed by atoms with Crippen LogP contribution in [0.15, 0.2) is 42.3 Å². The third-order valence-corrected chi connectivity index (χ3v) is 3.74. The molecule has 0 spiro atoms. The first-order valence-electron chi connectivity index (χ1n) is 6.41. The molecule has 0 aliphatic carbocycles. The number of amides is 1. The second-order valence-electron chi connectivity index (χ2n) is 4.52. The van der Waals surface area contributed by atoms with Crippen molar-refractivity contribution in [2.24, 2.45) is 0 Å². The predicted octanol–water partition coefficient (Wildman–Crippen LogP) is 1.71. The number of aromatic nitrogens is 4. The Labute approximate surface area is 127 Å². The Kier molecular flexibility index (Phi) is 5.10. The third kappa shape index (κ3) is 3.69. The van der Waals surface area contributed by atoms with E-state index in [-0.39, 0.29) is 5.91 Å². The van der Waals surface area contributed by atoms with Crippen molar-refractivity contribution in [3.05, 3.63) is 37.2 Å². The smallest absolute Gasteiger partial charge is 0.232 e. The summed E-state index contributed by atoms with van der Waals surface area (Å²) in [5, 5.41) is 9.10. The highest BCUT2D eigenvalue weighted by Crippen LogP contribution is 2.23. The van der Waals surface area contributed by atoms with Gasteiger partial charge in [-0.2, -0.15) is 0 Å². The molecular formula is C14H17N5OS. The highest BCUT2D eigenvalue weighted by Gasteiger charge is 2.15. The van der Waals surface area contributed by atoms with Gasteiger partial charge in [0.05, 0.1) is 5.75 Å². The Balaban J connectivity index is 2.25. The van der Waals surface area contributed by atoms with Gasteiger partial charge >= 0.3 is 0 Å². The summed E-state index contributed by atoms with van der Waals surface area (Å²) in [6, 6.07) is 3.76. The number of nitrogens with zero attached hydrogens (tertiary/aromatic N) is 5. The first kappa shape index (κ1) is 15.2. The van der Waals surface area contributed by atoms with Gasteiger partial charge in [-0.3, -0.25) is 14.3 Å². The van der Waals surface area contributed by atoms with Gasteiger partial charge in [-0.25, -0.2) is 0 Å². The minimum Gasteiger partial charge on any atom is -0.348 e.